The fraction of sp³-hybridized carbons (Fsp3) is 0.111. The van der Waals surface area contributed by atoms with Crippen LogP contribution in [0.3, 0.4) is 0 Å². The number of furan rings is 1. The van der Waals surface area contributed by atoms with Gasteiger partial charge in [0, 0.05) is 12.4 Å². The molecule has 2 rings (SSSR count). The van der Waals surface area contributed by atoms with Gasteiger partial charge in [0.2, 0.25) is 0 Å². The Morgan fingerprint density at radius 2 is 2.43 bits per heavy atom. The summed E-state index contributed by atoms with van der Waals surface area (Å²) in [6, 6.07) is 3.56. The average molecular weight is 211 g/mol. The van der Waals surface area contributed by atoms with E-state index in [-0.39, 0.29) is 10.7 Å². The molecule has 0 aliphatic carbocycles. The van der Waals surface area contributed by atoms with Crippen molar-refractivity contribution in [3.8, 4) is 0 Å². The van der Waals surface area contributed by atoms with Crippen LogP contribution in [0.4, 0.5) is 0 Å². The molecule has 0 aliphatic rings. The molecule has 0 aromatic carbocycles. The summed E-state index contributed by atoms with van der Waals surface area (Å²) in [4.78, 5) is 15.1. The first-order chi connectivity index (χ1) is 6.77. The van der Waals surface area contributed by atoms with Gasteiger partial charge in [0.1, 0.15) is 5.76 Å². The highest BCUT2D eigenvalue weighted by Gasteiger charge is 2.03. The van der Waals surface area contributed by atoms with Crippen molar-refractivity contribution in [1.29, 1.82) is 0 Å². The number of hydrogen-bond acceptors (Lipinski definition) is 3. The molecule has 0 unspecified atom stereocenters. The van der Waals surface area contributed by atoms with Gasteiger partial charge in [-0.1, -0.05) is 11.6 Å². The highest BCUT2D eigenvalue weighted by Crippen LogP contribution is 2.02. The predicted molar refractivity (Wildman–Crippen MR) is 51.3 cm³/mol. The highest BCUT2D eigenvalue weighted by atomic mass is 35.5. The lowest BCUT2D eigenvalue weighted by molar-refractivity contribution is 0.489. The van der Waals surface area contributed by atoms with E-state index in [0.29, 0.717) is 12.3 Å². The van der Waals surface area contributed by atoms with Crippen molar-refractivity contribution in [2.75, 3.05) is 0 Å². The molecule has 2 aromatic rings. The first kappa shape index (κ1) is 9.02. The monoisotopic (exact) mass is 210 g/mol. The third-order valence-electron chi connectivity index (χ3n) is 1.78. The molecule has 2 aromatic heterocycles. The maximum Gasteiger partial charge on any atom is 0.288 e. The summed E-state index contributed by atoms with van der Waals surface area (Å²) in [5.41, 5.74) is -0.314. The van der Waals surface area contributed by atoms with Crippen LogP contribution in [0.15, 0.2) is 40.0 Å². The first-order valence-electron chi connectivity index (χ1n) is 4.01. The quantitative estimate of drug-likeness (QED) is 0.756. The van der Waals surface area contributed by atoms with E-state index in [1.807, 2.05) is 0 Å². The van der Waals surface area contributed by atoms with E-state index in [0.717, 1.165) is 0 Å². The lowest BCUT2D eigenvalue weighted by Gasteiger charge is -2.01. The van der Waals surface area contributed by atoms with Crippen molar-refractivity contribution in [1.82, 2.24) is 9.55 Å². The Bertz CT molecular complexity index is 476. The van der Waals surface area contributed by atoms with Gasteiger partial charge in [0.25, 0.3) is 5.56 Å². The zero-order chi connectivity index (χ0) is 9.97. The third kappa shape index (κ3) is 1.70. The smallest absolute Gasteiger partial charge is 0.288 e. The lowest BCUT2D eigenvalue weighted by atomic mass is 10.4. The van der Waals surface area contributed by atoms with Crippen LogP contribution in [0, 0.1) is 0 Å². The van der Waals surface area contributed by atoms with Gasteiger partial charge in [0.05, 0.1) is 12.8 Å². The summed E-state index contributed by atoms with van der Waals surface area (Å²) in [5, 5.41) is -0.0287. The van der Waals surface area contributed by atoms with Gasteiger partial charge in [0.15, 0.2) is 5.15 Å². The Hall–Kier alpha value is -1.55. The minimum atomic E-state index is -0.314. The summed E-state index contributed by atoms with van der Waals surface area (Å²) in [7, 11) is 0. The third-order valence-corrected chi connectivity index (χ3v) is 2.04. The second kappa shape index (κ2) is 3.67. The van der Waals surface area contributed by atoms with Crippen LogP contribution < -0.4 is 5.56 Å². The van der Waals surface area contributed by atoms with Gasteiger partial charge in [-0.25, -0.2) is 4.98 Å². The fourth-order valence-electron chi connectivity index (χ4n) is 1.12. The summed E-state index contributed by atoms with van der Waals surface area (Å²) < 4.78 is 6.55. The molecule has 0 radical (unpaired) electrons. The second-order valence-electron chi connectivity index (χ2n) is 2.73. The van der Waals surface area contributed by atoms with E-state index >= 15 is 0 Å². The van der Waals surface area contributed by atoms with Gasteiger partial charge < -0.3 is 8.98 Å². The van der Waals surface area contributed by atoms with Crippen LogP contribution in [0.2, 0.25) is 5.15 Å². The van der Waals surface area contributed by atoms with E-state index < -0.39 is 0 Å². The minimum Gasteiger partial charge on any atom is -0.467 e. The SMILES string of the molecule is O=c1c(Cl)nccn1Cc1ccco1. The van der Waals surface area contributed by atoms with Crippen LogP contribution in [0.5, 0.6) is 0 Å². The van der Waals surface area contributed by atoms with Crippen molar-refractivity contribution in [2.45, 2.75) is 6.54 Å². The highest BCUT2D eigenvalue weighted by molar-refractivity contribution is 6.29. The van der Waals surface area contributed by atoms with E-state index in [4.69, 9.17) is 16.0 Å². The predicted octanol–water partition coefficient (Wildman–Crippen LogP) is 1.54. The number of aromatic nitrogens is 2. The van der Waals surface area contributed by atoms with Crippen molar-refractivity contribution in [3.63, 3.8) is 0 Å². The van der Waals surface area contributed by atoms with Gasteiger partial charge >= 0.3 is 0 Å². The molecule has 0 aliphatic heterocycles. The van der Waals surface area contributed by atoms with Crippen LogP contribution in [0.1, 0.15) is 5.76 Å². The van der Waals surface area contributed by atoms with Crippen LogP contribution >= 0.6 is 11.6 Å². The Labute approximate surface area is 84.8 Å². The van der Waals surface area contributed by atoms with E-state index in [1.54, 1.807) is 24.6 Å². The Morgan fingerprint density at radius 3 is 3.14 bits per heavy atom. The molecule has 0 N–H and O–H groups in total. The molecule has 14 heavy (non-hydrogen) atoms. The molecule has 72 valence electrons. The minimum absolute atomic E-state index is 0.0287. The number of halogens is 1. The molecule has 0 saturated heterocycles. The molecule has 5 heteroatoms. The first-order valence-corrected chi connectivity index (χ1v) is 4.38. The molecule has 0 amide bonds. The molecule has 0 fully saturated rings. The maximum atomic E-state index is 11.4. The molecule has 0 saturated carbocycles. The van der Waals surface area contributed by atoms with E-state index in [9.17, 15) is 4.79 Å². The number of nitrogens with zero attached hydrogens (tertiary/aromatic N) is 2. The van der Waals surface area contributed by atoms with Gasteiger partial charge in [-0.15, -0.1) is 0 Å². The normalized spacial score (nSPS) is 10.4. The average Bonchev–Trinajstić information content (AvgIpc) is 2.66. The molecule has 4 nitrogen and oxygen atoms in total. The maximum absolute atomic E-state index is 11.4. The molecular formula is C9H7ClN2O2. The van der Waals surface area contributed by atoms with Crippen LogP contribution in [-0.4, -0.2) is 9.55 Å². The number of rotatable bonds is 2. The van der Waals surface area contributed by atoms with Gasteiger partial charge in [-0.2, -0.15) is 0 Å². The Balaban J connectivity index is 2.34. The summed E-state index contributed by atoms with van der Waals surface area (Å²) in [5.74, 6) is 0.703. The van der Waals surface area contributed by atoms with Gasteiger partial charge in [-0.05, 0) is 12.1 Å². The van der Waals surface area contributed by atoms with Crippen molar-refractivity contribution < 1.29 is 4.42 Å². The van der Waals surface area contributed by atoms with E-state index in [2.05, 4.69) is 4.98 Å². The largest absolute Gasteiger partial charge is 0.467 e. The van der Waals surface area contributed by atoms with Crippen LogP contribution in [-0.2, 0) is 6.54 Å². The lowest BCUT2D eigenvalue weighted by Crippen LogP contribution is -2.20. The topological polar surface area (TPSA) is 48.0 Å². The Kier molecular flexibility index (Phi) is 2.37. The molecule has 0 atom stereocenters. The second-order valence-corrected chi connectivity index (χ2v) is 3.09. The van der Waals surface area contributed by atoms with Crippen molar-refractivity contribution >= 4 is 11.6 Å². The molecule has 2 heterocycles. The molecule has 0 bridgehead atoms. The number of hydrogen-bond donors (Lipinski definition) is 0. The Morgan fingerprint density at radius 1 is 1.57 bits per heavy atom. The van der Waals surface area contributed by atoms with Crippen LogP contribution in [0.25, 0.3) is 0 Å². The van der Waals surface area contributed by atoms with Crippen molar-refractivity contribution in [3.05, 3.63) is 52.1 Å². The molecule has 0 spiro atoms. The van der Waals surface area contributed by atoms with E-state index in [1.165, 1.54) is 10.8 Å². The zero-order valence-corrected chi connectivity index (χ0v) is 7.94. The summed E-state index contributed by atoms with van der Waals surface area (Å²) in [6.45, 7) is 0.369. The summed E-state index contributed by atoms with van der Waals surface area (Å²) >= 11 is 5.58. The molecular weight excluding hydrogens is 204 g/mol. The fourth-order valence-corrected chi connectivity index (χ4v) is 1.28. The summed E-state index contributed by atoms with van der Waals surface area (Å²) in [6.07, 6.45) is 4.60. The standard InChI is InChI=1S/C9H7ClN2O2/c10-8-9(13)12(4-3-11-8)6-7-2-1-5-14-7/h1-5H,6H2. The van der Waals surface area contributed by atoms with Crippen molar-refractivity contribution in [2.24, 2.45) is 0 Å². The van der Waals surface area contributed by atoms with Gasteiger partial charge in [-0.3, -0.25) is 4.79 Å². The zero-order valence-electron chi connectivity index (χ0n) is 7.18.